The van der Waals surface area contributed by atoms with Crippen LogP contribution in [0.25, 0.3) is 0 Å². The van der Waals surface area contributed by atoms with Crippen LogP contribution in [-0.4, -0.2) is 36.2 Å². The molecule has 0 aliphatic carbocycles. The summed E-state index contributed by atoms with van der Waals surface area (Å²) in [6.07, 6.45) is 5.30. The van der Waals surface area contributed by atoms with Gasteiger partial charge < -0.3 is 4.74 Å². The van der Waals surface area contributed by atoms with Crippen molar-refractivity contribution in [2.24, 2.45) is 5.92 Å². The van der Waals surface area contributed by atoms with Crippen molar-refractivity contribution in [1.82, 2.24) is 4.90 Å². The smallest absolute Gasteiger partial charge is 0.0483 e. The van der Waals surface area contributed by atoms with Gasteiger partial charge in [-0.3, -0.25) is 4.90 Å². The van der Waals surface area contributed by atoms with Crippen LogP contribution in [0.1, 0.15) is 46.5 Å². The first kappa shape index (κ1) is 11.4. The molecule has 2 aliphatic heterocycles. The molecule has 0 N–H and O–H groups in total. The van der Waals surface area contributed by atoms with Gasteiger partial charge in [0, 0.05) is 24.8 Å². The summed E-state index contributed by atoms with van der Waals surface area (Å²) in [5.41, 5.74) is 0.502. The van der Waals surface area contributed by atoms with Crippen molar-refractivity contribution in [2.45, 2.75) is 58.0 Å². The summed E-state index contributed by atoms with van der Waals surface area (Å²) in [5.74, 6) is 0.798. The molecule has 2 saturated heterocycles. The van der Waals surface area contributed by atoms with Crippen molar-refractivity contribution >= 4 is 0 Å². The molecular weight excluding hydrogens is 186 g/mol. The molecule has 0 bridgehead atoms. The first-order chi connectivity index (χ1) is 7.19. The van der Waals surface area contributed by atoms with Crippen LogP contribution in [0.5, 0.6) is 0 Å². The molecule has 0 aromatic carbocycles. The third-order valence-corrected chi connectivity index (χ3v) is 4.45. The first-order valence-electron chi connectivity index (χ1n) is 6.54. The minimum atomic E-state index is 0.502. The summed E-state index contributed by atoms with van der Waals surface area (Å²) < 4.78 is 5.52. The van der Waals surface area contributed by atoms with Crippen LogP contribution in [-0.2, 0) is 4.74 Å². The van der Waals surface area contributed by atoms with E-state index in [0.29, 0.717) is 5.54 Å². The Morgan fingerprint density at radius 2 is 1.93 bits per heavy atom. The van der Waals surface area contributed by atoms with Gasteiger partial charge >= 0.3 is 0 Å². The normalized spacial score (nSPS) is 31.6. The van der Waals surface area contributed by atoms with Crippen LogP contribution in [0.2, 0.25) is 0 Å². The maximum absolute atomic E-state index is 5.52. The highest BCUT2D eigenvalue weighted by Crippen LogP contribution is 2.42. The molecule has 0 amide bonds. The van der Waals surface area contributed by atoms with Crippen LogP contribution in [0, 0.1) is 5.92 Å². The highest BCUT2D eigenvalue weighted by Gasteiger charge is 2.46. The van der Waals surface area contributed by atoms with E-state index in [1.54, 1.807) is 0 Å². The minimum Gasteiger partial charge on any atom is -0.381 e. The lowest BCUT2D eigenvalue weighted by Crippen LogP contribution is -2.51. The Hall–Kier alpha value is -0.0800. The highest BCUT2D eigenvalue weighted by molar-refractivity contribution is 5.01. The van der Waals surface area contributed by atoms with Crippen molar-refractivity contribution < 1.29 is 4.74 Å². The summed E-state index contributed by atoms with van der Waals surface area (Å²) in [7, 11) is 0. The summed E-state index contributed by atoms with van der Waals surface area (Å²) in [5, 5.41) is 0. The minimum absolute atomic E-state index is 0.502. The Kier molecular flexibility index (Phi) is 3.36. The molecule has 2 rings (SSSR count). The third kappa shape index (κ3) is 1.94. The Morgan fingerprint density at radius 3 is 2.47 bits per heavy atom. The zero-order chi connectivity index (χ0) is 10.9. The molecule has 0 saturated carbocycles. The molecule has 2 heterocycles. The van der Waals surface area contributed by atoms with Crippen molar-refractivity contribution in [3.05, 3.63) is 0 Å². The molecule has 88 valence electrons. The lowest BCUT2D eigenvalue weighted by atomic mass is 9.87. The van der Waals surface area contributed by atoms with E-state index < -0.39 is 0 Å². The molecule has 0 radical (unpaired) electrons. The van der Waals surface area contributed by atoms with E-state index in [2.05, 4.69) is 25.7 Å². The quantitative estimate of drug-likeness (QED) is 0.696. The Labute approximate surface area is 94.0 Å². The second-order valence-corrected chi connectivity index (χ2v) is 5.47. The number of hydrogen-bond acceptors (Lipinski definition) is 2. The van der Waals surface area contributed by atoms with Gasteiger partial charge in [0.25, 0.3) is 0 Å². The molecule has 2 heteroatoms. The molecular formula is C13H25NO. The molecule has 15 heavy (non-hydrogen) atoms. The topological polar surface area (TPSA) is 12.5 Å². The van der Waals surface area contributed by atoms with Crippen LogP contribution in [0.15, 0.2) is 0 Å². The van der Waals surface area contributed by atoms with Crippen molar-refractivity contribution in [1.29, 1.82) is 0 Å². The fourth-order valence-electron chi connectivity index (χ4n) is 3.62. The maximum atomic E-state index is 5.52. The van der Waals surface area contributed by atoms with E-state index in [-0.39, 0.29) is 0 Å². The first-order valence-corrected chi connectivity index (χ1v) is 6.54. The number of hydrogen-bond donors (Lipinski definition) is 0. The zero-order valence-corrected chi connectivity index (χ0v) is 10.5. The molecule has 2 nitrogen and oxygen atoms in total. The standard InChI is InChI=1S/C13H25NO/c1-4-14-12(11(2)3)5-6-13(14)7-9-15-10-8-13/h11-12H,4-10H2,1-3H3/t12-/m0/s1. The van der Waals surface area contributed by atoms with E-state index in [0.717, 1.165) is 25.2 Å². The number of nitrogens with zero attached hydrogens (tertiary/aromatic N) is 1. The van der Waals surface area contributed by atoms with E-state index in [9.17, 15) is 0 Å². The van der Waals surface area contributed by atoms with Gasteiger partial charge in [0.1, 0.15) is 0 Å². The molecule has 2 aliphatic rings. The zero-order valence-electron chi connectivity index (χ0n) is 10.5. The van der Waals surface area contributed by atoms with Gasteiger partial charge in [-0.1, -0.05) is 20.8 Å². The second kappa shape index (κ2) is 4.42. The summed E-state index contributed by atoms with van der Waals surface area (Å²) >= 11 is 0. The SMILES string of the molecule is CCN1[C@H](C(C)C)CCC12CCOCC2. The molecule has 0 aromatic heterocycles. The predicted octanol–water partition coefficient (Wildman–Crippen LogP) is 2.68. The van der Waals surface area contributed by atoms with E-state index in [4.69, 9.17) is 4.74 Å². The van der Waals surface area contributed by atoms with Crippen molar-refractivity contribution in [3.63, 3.8) is 0 Å². The van der Waals surface area contributed by atoms with Gasteiger partial charge in [-0.25, -0.2) is 0 Å². The van der Waals surface area contributed by atoms with E-state index in [1.165, 1.54) is 32.2 Å². The number of ether oxygens (including phenoxy) is 1. The maximum Gasteiger partial charge on any atom is 0.0483 e. The van der Waals surface area contributed by atoms with Gasteiger partial charge in [0.2, 0.25) is 0 Å². The third-order valence-electron chi connectivity index (χ3n) is 4.45. The van der Waals surface area contributed by atoms with Crippen LogP contribution in [0.3, 0.4) is 0 Å². The van der Waals surface area contributed by atoms with E-state index in [1.807, 2.05) is 0 Å². The van der Waals surface area contributed by atoms with E-state index >= 15 is 0 Å². The van der Waals surface area contributed by atoms with Crippen molar-refractivity contribution in [2.75, 3.05) is 19.8 Å². The van der Waals surface area contributed by atoms with Gasteiger partial charge in [0.15, 0.2) is 0 Å². The molecule has 2 fully saturated rings. The lowest BCUT2D eigenvalue weighted by Gasteiger charge is -2.44. The van der Waals surface area contributed by atoms with Crippen molar-refractivity contribution in [3.8, 4) is 0 Å². The Balaban J connectivity index is 2.12. The number of likely N-dealkylation sites (tertiary alicyclic amines) is 1. The largest absolute Gasteiger partial charge is 0.381 e. The average molecular weight is 211 g/mol. The predicted molar refractivity (Wildman–Crippen MR) is 63.0 cm³/mol. The van der Waals surface area contributed by atoms with Crippen LogP contribution in [0.4, 0.5) is 0 Å². The summed E-state index contributed by atoms with van der Waals surface area (Å²) in [6.45, 7) is 10.2. The summed E-state index contributed by atoms with van der Waals surface area (Å²) in [4.78, 5) is 2.78. The molecule has 0 unspecified atom stereocenters. The average Bonchev–Trinajstić information content (AvgIpc) is 2.58. The second-order valence-electron chi connectivity index (χ2n) is 5.47. The molecule has 1 spiro atoms. The molecule has 0 aromatic rings. The lowest BCUT2D eigenvalue weighted by molar-refractivity contribution is -0.0227. The fourth-order valence-corrected chi connectivity index (χ4v) is 3.62. The fraction of sp³-hybridized carbons (Fsp3) is 1.00. The van der Waals surface area contributed by atoms with Gasteiger partial charge in [-0.2, -0.15) is 0 Å². The monoisotopic (exact) mass is 211 g/mol. The van der Waals surface area contributed by atoms with Gasteiger partial charge in [-0.05, 0) is 38.1 Å². The van der Waals surface area contributed by atoms with Crippen LogP contribution < -0.4 is 0 Å². The van der Waals surface area contributed by atoms with Gasteiger partial charge in [0.05, 0.1) is 0 Å². The highest BCUT2D eigenvalue weighted by atomic mass is 16.5. The van der Waals surface area contributed by atoms with Crippen LogP contribution >= 0.6 is 0 Å². The molecule has 1 atom stereocenters. The van der Waals surface area contributed by atoms with Gasteiger partial charge in [-0.15, -0.1) is 0 Å². The Bertz CT molecular complexity index is 209. The summed E-state index contributed by atoms with van der Waals surface area (Å²) in [6, 6.07) is 0.813. The Morgan fingerprint density at radius 1 is 1.27 bits per heavy atom. The number of rotatable bonds is 2.